The van der Waals surface area contributed by atoms with Crippen molar-refractivity contribution in [2.45, 2.75) is 64.5 Å². The lowest BCUT2D eigenvalue weighted by Gasteiger charge is -2.10. The van der Waals surface area contributed by atoms with E-state index in [1.54, 1.807) is 0 Å². The van der Waals surface area contributed by atoms with Gasteiger partial charge in [0.15, 0.2) is 12.4 Å². The second-order valence-electron chi connectivity index (χ2n) is 11.7. The van der Waals surface area contributed by atoms with Gasteiger partial charge in [-0.15, -0.1) is 0 Å². The molecule has 4 nitrogen and oxygen atoms in total. The van der Waals surface area contributed by atoms with Crippen molar-refractivity contribution in [2.24, 2.45) is 0 Å². The molecule has 0 atom stereocenters. The van der Waals surface area contributed by atoms with Gasteiger partial charge in [0.1, 0.15) is 13.1 Å². The quantitative estimate of drug-likeness (QED) is 0.0937. The van der Waals surface area contributed by atoms with Gasteiger partial charge < -0.3 is 58.6 Å². The van der Waals surface area contributed by atoms with Crippen molar-refractivity contribution < 1.29 is 57.1 Å². The number of para-hydroxylation sites is 4. The van der Waals surface area contributed by atoms with E-state index in [-0.39, 0.29) is 48.0 Å². The maximum Gasteiger partial charge on any atom is 0.214 e. The lowest BCUT2D eigenvalue weighted by Crippen LogP contribution is -3.00. The SMILES string of the molecule is [I-].[I-].c1ccc(Nc2cc[n+](CCCCCCCCCC[n+]3ccc(Nc4ccccc4)c4ccccc43)c3ccccc23)cc1. The van der Waals surface area contributed by atoms with E-state index < -0.39 is 0 Å². The van der Waals surface area contributed by atoms with Gasteiger partial charge in [-0.3, -0.25) is 0 Å². The monoisotopic (exact) mass is 834 g/mol. The molecule has 0 saturated heterocycles. The third-order valence-corrected chi connectivity index (χ3v) is 8.50. The van der Waals surface area contributed by atoms with Gasteiger partial charge in [-0.05, 0) is 49.2 Å². The van der Waals surface area contributed by atoms with E-state index in [1.165, 1.54) is 73.2 Å². The fourth-order valence-electron chi connectivity index (χ4n) is 6.16. The van der Waals surface area contributed by atoms with Crippen LogP contribution in [0, 0.1) is 0 Å². The van der Waals surface area contributed by atoms with Gasteiger partial charge >= 0.3 is 0 Å². The molecule has 4 aromatic carbocycles. The number of nitrogens with zero attached hydrogens (tertiary/aromatic N) is 2. The van der Waals surface area contributed by atoms with Gasteiger partial charge in [-0.25, -0.2) is 0 Å². The maximum absolute atomic E-state index is 3.59. The van der Waals surface area contributed by atoms with Gasteiger partial charge in [0, 0.05) is 48.5 Å². The van der Waals surface area contributed by atoms with E-state index >= 15 is 0 Å². The van der Waals surface area contributed by atoms with Crippen LogP contribution in [0.2, 0.25) is 0 Å². The lowest BCUT2D eigenvalue weighted by molar-refractivity contribution is -0.672. The molecule has 0 bridgehead atoms. The van der Waals surface area contributed by atoms with Crippen molar-refractivity contribution in [2.75, 3.05) is 10.6 Å². The molecular formula is C40H44I2N4. The number of unbranched alkanes of at least 4 members (excludes halogenated alkanes) is 7. The second kappa shape index (κ2) is 18.8. The first-order valence-corrected chi connectivity index (χ1v) is 16.3. The number of nitrogens with one attached hydrogen (secondary N) is 2. The predicted molar refractivity (Wildman–Crippen MR) is 185 cm³/mol. The third kappa shape index (κ3) is 9.64. The number of pyridine rings is 2. The minimum atomic E-state index is 0. The summed E-state index contributed by atoms with van der Waals surface area (Å²) in [4.78, 5) is 0. The number of halogens is 2. The van der Waals surface area contributed by atoms with Gasteiger partial charge in [-0.2, -0.15) is 9.13 Å². The summed E-state index contributed by atoms with van der Waals surface area (Å²) in [5.41, 5.74) is 7.14. The Morgan fingerprint density at radius 1 is 0.370 bits per heavy atom. The first-order chi connectivity index (χ1) is 21.8. The van der Waals surface area contributed by atoms with Gasteiger partial charge in [0.05, 0.1) is 22.1 Å². The van der Waals surface area contributed by atoms with Crippen molar-refractivity contribution in [3.8, 4) is 0 Å². The zero-order valence-electron chi connectivity index (χ0n) is 26.4. The topological polar surface area (TPSA) is 31.8 Å². The molecule has 0 spiro atoms. The molecule has 6 aromatic rings. The molecule has 2 N–H and O–H groups in total. The van der Waals surface area contributed by atoms with Crippen LogP contribution in [-0.2, 0) is 13.1 Å². The van der Waals surface area contributed by atoms with E-state index in [9.17, 15) is 0 Å². The van der Waals surface area contributed by atoms with Crippen LogP contribution >= 0.6 is 0 Å². The summed E-state index contributed by atoms with van der Waals surface area (Å²) >= 11 is 0. The van der Waals surface area contributed by atoms with Gasteiger partial charge in [0.25, 0.3) is 0 Å². The normalized spacial score (nSPS) is 10.7. The maximum atomic E-state index is 3.59. The molecule has 6 heteroatoms. The van der Waals surface area contributed by atoms with Crippen LogP contribution in [0.5, 0.6) is 0 Å². The highest BCUT2D eigenvalue weighted by molar-refractivity contribution is 5.91. The Labute approximate surface area is 308 Å². The Hall–Kier alpha value is -3.24. The predicted octanol–water partition coefficient (Wildman–Crippen LogP) is 3.88. The minimum Gasteiger partial charge on any atom is -1.00 e. The standard InChI is InChI=1S/C40H42N4.2HI/c1(3-5-17-29-43-31-27-37(35-23-13-15-25-39(35)43)41-33-19-9-7-10-20-33)2-4-6-18-30-44-32-28-38(36-24-14-16-26-40(36)44)42-34-21-11-8-12-22-34;;/h7-16,19-28,31-32H,1-6,17-18,29-30H2;2*1H. The molecule has 0 unspecified atom stereocenters. The Morgan fingerprint density at radius 3 is 1.13 bits per heavy atom. The fourth-order valence-corrected chi connectivity index (χ4v) is 6.16. The number of rotatable bonds is 15. The van der Waals surface area contributed by atoms with Crippen molar-refractivity contribution in [3.05, 3.63) is 134 Å². The molecule has 0 radical (unpaired) electrons. The van der Waals surface area contributed by atoms with Crippen molar-refractivity contribution in [1.29, 1.82) is 0 Å². The van der Waals surface area contributed by atoms with Crippen LogP contribution in [0.15, 0.2) is 134 Å². The summed E-state index contributed by atoms with van der Waals surface area (Å²) in [5, 5.41) is 9.71. The molecule has 0 aliphatic carbocycles. The largest absolute Gasteiger partial charge is 1.00 e. The summed E-state index contributed by atoms with van der Waals surface area (Å²) in [6.45, 7) is 2.13. The van der Waals surface area contributed by atoms with Crippen LogP contribution in [0.25, 0.3) is 21.8 Å². The molecule has 238 valence electrons. The number of aromatic nitrogens is 2. The van der Waals surface area contributed by atoms with Crippen LogP contribution in [0.1, 0.15) is 51.4 Å². The summed E-state index contributed by atoms with van der Waals surface area (Å²) in [5.74, 6) is 0. The zero-order chi connectivity index (χ0) is 29.8. The third-order valence-electron chi connectivity index (χ3n) is 8.50. The highest BCUT2D eigenvalue weighted by Gasteiger charge is 2.13. The van der Waals surface area contributed by atoms with E-state index in [0.717, 1.165) is 35.8 Å². The molecular weight excluding hydrogens is 790 g/mol. The number of anilines is 4. The molecule has 0 fully saturated rings. The number of benzene rings is 4. The highest BCUT2D eigenvalue weighted by atomic mass is 127. The van der Waals surface area contributed by atoms with Crippen LogP contribution in [0.4, 0.5) is 22.7 Å². The molecule has 6 rings (SSSR count). The van der Waals surface area contributed by atoms with Gasteiger partial charge in [-0.1, -0.05) is 86.3 Å². The molecule has 2 heterocycles. The molecule has 0 saturated carbocycles. The van der Waals surface area contributed by atoms with E-state index in [4.69, 9.17) is 0 Å². The first kappa shape index (κ1) is 35.6. The zero-order valence-corrected chi connectivity index (χ0v) is 30.7. The average molecular weight is 835 g/mol. The van der Waals surface area contributed by atoms with Crippen LogP contribution in [0.3, 0.4) is 0 Å². The second-order valence-corrected chi connectivity index (χ2v) is 11.7. The lowest BCUT2D eigenvalue weighted by atomic mass is 10.1. The Balaban J connectivity index is 0.00000240. The van der Waals surface area contributed by atoms with Gasteiger partial charge in [0.2, 0.25) is 11.0 Å². The summed E-state index contributed by atoms with van der Waals surface area (Å²) in [7, 11) is 0. The smallest absolute Gasteiger partial charge is 0.214 e. The molecule has 46 heavy (non-hydrogen) atoms. The Bertz CT molecular complexity index is 1640. The van der Waals surface area contributed by atoms with E-state index in [1.807, 2.05) is 0 Å². The van der Waals surface area contributed by atoms with Crippen molar-refractivity contribution >= 4 is 44.6 Å². The molecule has 2 aromatic heterocycles. The van der Waals surface area contributed by atoms with E-state index in [2.05, 4.69) is 153 Å². The minimum absolute atomic E-state index is 0. The van der Waals surface area contributed by atoms with Crippen LogP contribution < -0.4 is 67.7 Å². The molecule has 0 aliphatic heterocycles. The average Bonchev–Trinajstić information content (AvgIpc) is 3.08. The Kier molecular flexibility index (Phi) is 14.5. The summed E-state index contributed by atoms with van der Waals surface area (Å²) in [6.07, 6.45) is 14.8. The number of aryl methyl sites for hydroxylation is 2. The number of fused-ring (bicyclic) bond motifs is 2. The summed E-state index contributed by atoms with van der Waals surface area (Å²) in [6, 6.07) is 42.7. The van der Waals surface area contributed by atoms with E-state index in [0.29, 0.717) is 0 Å². The van der Waals surface area contributed by atoms with Crippen LogP contribution in [-0.4, -0.2) is 0 Å². The van der Waals surface area contributed by atoms with Crippen molar-refractivity contribution in [1.82, 2.24) is 0 Å². The Morgan fingerprint density at radius 2 is 0.717 bits per heavy atom. The fraction of sp³-hybridized carbons (Fsp3) is 0.250. The number of hydrogen-bond donors (Lipinski definition) is 2. The number of hydrogen-bond acceptors (Lipinski definition) is 2. The first-order valence-electron chi connectivity index (χ1n) is 16.3. The molecule has 0 amide bonds. The highest BCUT2D eigenvalue weighted by Crippen LogP contribution is 2.25. The molecule has 0 aliphatic rings. The summed E-state index contributed by atoms with van der Waals surface area (Å²) < 4.78 is 4.83. The van der Waals surface area contributed by atoms with Crippen molar-refractivity contribution in [3.63, 3.8) is 0 Å².